The number of fused-ring (bicyclic) bond motifs is 1. The molecule has 2 rings (SSSR count). The molecule has 110 valence electrons. The minimum atomic E-state index is -0.607. The molecule has 0 radical (unpaired) electrons. The SMILES string of the molecule is Bc1ccc(C(=O)CNC(=O)OC(C)(C)C)n2ccnc12. The molecule has 1 N–H and O–H groups in total. The molecule has 0 atom stereocenters. The number of ketones is 1. The number of nitrogens with zero attached hydrogens (tertiary/aromatic N) is 2. The molecule has 21 heavy (non-hydrogen) atoms. The number of nitrogens with one attached hydrogen (secondary N) is 1. The van der Waals surface area contributed by atoms with Gasteiger partial charge >= 0.3 is 6.09 Å². The minimum Gasteiger partial charge on any atom is -0.444 e. The number of Topliss-reactive ketones (excluding diaryl/α,β-unsaturated/α-hetero) is 1. The Morgan fingerprint density at radius 2 is 2.10 bits per heavy atom. The lowest BCUT2D eigenvalue weighted by atomic mass is 9.97. The van der Waals surface area contributed by atoms with Crippen LogP contribution in [0.4, 0.5) is 4.79 Å². The number of hydrogen-bond donors (Lipinski definition) is 1. The van der Waals surface area contributed by atoms with E-state index < -0.39 is 11.7 Å². The Bertz CT molecular complexity index is 688. The molecule has 2 aromatic heterocycles. The molecular weight excluding hydrogens is 269 g/mol. The fourth-order valence-electron chi connectivity index (χ4n) is 1.93. The van der Waals surface area contributed by atoms with E-state index >= 15 is 0 Å². The van der Waals surface area contributed by atoms with E-state index in [4.69, 9.17) is 4.74 Å². The van der Waals surface area contributed by atoms with Gasteiger partial charge in [0.15, 0.2) is 5.78 Å². The van der Waals surface area contributed by atoms with E-state index in [0.29, 0.717) is 5.69 Å². The van der Waals surface area contributed by atoms with Crippen LogP contribution in [0.1, 0.15) is 31.3 Å². The molecule has 0 aromatic carbocycles. The monoisotopic (exact) mass is 287 g/mol. The third-order valence-electron chi connectivity index (χ3n) is 2.82. The maximum absolute atomic E-state index is 12.2. The van der Waals surface area contributed by atoms with Gasteiger partial charge in [0.1, 0.15) is 19.1 Å². The molecule has 6 nitrogen and oxygen atoms in total. The van der Waals surface area contributed by atoms with Crippen LogP contribution in [0.15, 0.2) is 24.5 Å². The van der Waals surface area contributed by atoms with Gasteiger partial charge in [0.25, 0.3) is 0 Å². The molecule has 0 spiro atoms. The largest absolute Gasteiger partial charge is 0.444 e. The van der Waals surface area contributed by atoms with Crippen molar-refractivity contribution >= 4 is 30.8 Å². The summed E-state index contributed by atoms with van der Waals surface area (Å²) < 4.78 is 6.81. The molecule has 0 saturated heterocycles. The van der Waals surface area contributed by atoms with Gasteiger partial charge in [0, 0.05) is 12.4 Å². The number of amides is 1. The number of ether oxygens (including phenoxy) is 1. The smallest absolute Gasteiger partial charge is 0.408 e. The van der Waals surface area contributed by atoms with Crippen LogP contribution in [0, 0.1) is 0 Å². The van der Waals surface area contributed by atoms with Crippen molar-refractivity contribution in [2.45, 2.75) is 26.4 Å². The maximum Gasteiger partial charge on any atom is 0.408 e. The second kappa shape index (κ2) is 5.59. The van der Waals surface area contributed by atoms with Crippen LogP contribution in [0.25, 0.3) is 5.65 Å². The first kappa shape index (κ1) is 15.1. The van der Waals surface area contributed by atoms with Crippen LogP contribution < -0.4 is 10.8 Å². The lowest BCUT2D eigenvalue weighted by molar-refractivity contribution is 0.0520. The molecular formula is C14H18BN3O3. The summed E-state index contributed by atoms with van der Waals surface area (Å²) in [4.78, 5) is 28.0. The van der Waals surface area contributed by atoms with Gasteiger partial charge in [-0.25, -0.2) is 9.78 Å². The third-order valence-corrected chi connectivity index (χ3v) is 2.82. The number of aromatic nitrogens is 2. The van der Waals surface area contributed by atoms with E-state index in [2.05, 4.69) is 10.3 Å². The third kappa shape index (κ3) is 3.62. The summed E-state index contributed by atoms with van der Waals surface area (Å²) in [5.41, 5.74) is 1.60. The zero-order valence-corrected chi connectivity index (χ0v) is 12.6. The van der Waals surface area contributed by atoms with E-state index in [1.165, 1.54) is 0 Å². The summed E-state index contributed by atoms with van der Waals surface area (Å²) in [6.45, 7) is 5.18. The van der Waals surface area contributed by atoms with Gasteiger partial charge in [-0.05, 0) is 32.3 Å². The zero-order chi connectivity index (χ0) is 15.6. The molecule has 0 aliphatic heterocycles. The highest BCUT2D eigenvalue weighted by atomic mass is 16.6. The highest BCUT2D eigenvalue weighted by Crippen LogP contribution is 2.07. The topological polar surface area (TPSA) is 72.7 Å². The Hall–Kier alpha value is -2.31. The van der Waals surface area contributed by atoms with Crippen molar-refractivity contribution < 1.29 is 14.3 Å². The van der Waals surface area contributed by atoms with Crippen molar-refractivity contribution in [2.24, 2.45) is 0 Å². The van der Waals surface area contributed by atoms with E-state index in [0.717, 1.165) is 11.1 Å². The van der Waals surface area contributed by atoms with Gasteiger partial charge in [-0.15, -0.1) is 0 Å². The van der Waals surface area contributed by atoms with Crippen molar-refractivity contribution in [2.75, 3.05) is 6.54 Å². The van der Waals surface area contributed by atoms with Crippen LogP contribution in [0.3, 0.4) is 0 Å². The molecule has 0 aliphatic rings. The lowest BCUT2D eigenvalue weighted by Gasteiger charge is -2.19. The predicted molar refractivity (Wildman–Crippen MR) is 81.9 cm³/mol. The normalized spacial score (nSPS) is 11.4. The number of pyridine rings is 1. The van der Waals surface area contributed by atoms with Crippen molar-refractivity contribution in [3.63, 3.8) is 0 Å². The first-order valence-corrected chi connectivity index (χ1v) is 6.70. The van der Waals surface area contributed by atoms with Gasteiger partial charge in [-0.1, -0.05) is 6.07 Å². The first-order valence-electron chi connectivity index (χ1n) is 6.70. The van der Waals surface area contributed by atoms with Gasteiger partial charge in [-0.3, -0.25) is 9.20 Å². The number of rotatable bonds is 3. The molecule has 0 saturated carbocycles. The molecule has 0 bridgehead atoms. The van der Waals surface area contributed by atoms with Crippen molar-refractivity contribution in [3.8, 4) is 0 Å². The number of carbonyl (C=O) groups is 2. The predicted octanol–water partition coefficient (Wildman–Crippen LogP) is 0.300. The van der Waals surface area contributed by atoms with E-state index in [1.807, 2.05) is 13.9 Å². The summed E-state index contributed by atoms with van der Waals surface area (Å²) in [6.07, 6.45) is 2.76. The Morgan fingerprint density at radius 3 is 2.76 bits per heavy atom. The van der Waals surface area contributed by atoms with Crippen LogP contribution in [-0.4, -0.2) is 41.3 Å². The lowest BCUT2D eigenvalue weighted by Crippen LogP contribution is -2.36. The summed E-state index contributed by atoms with van der Waals surface area (Å²) >= 11 is 0. The average Bonchev–Trinajstić information content (AvgIpc) is 2.84. The Balaban J connectivity index is 2.08. The quantitative estimate of drug-likeness (QED) is 0.651. The van der Waals surface area contributed by atoms with Crippen molar-refractivity contribution in [3.05, 3.63) is 30.2 Å². The fraction of sp³-hybridized carbons (Fsp3) is 0.357. The number of alkyl carbamates (subject to hydrolysis) is 1. The Labute approximate surface area is 123 Å². The van der Waals surface area contributed by atoms with Gasteiger partial charge in [0.05, 0.1) is 12.2 Å². The number of carbonyl (C=O) groups excluding carboxylic acids is 2. The van der Waals surface area contributed by atoms with E-state index in [1.54, 1.807) is 43.6 Å². The van der Waals surface area contributed by atoms with E-state index in [-0.39, 0.29) is 12.3 Å². The molecule has 2 heterocycles. The summed E-state index contributed by atoms with van der Waals surface area (Å²) in [7, 11) is 1.93. The summed E-state index contributed by atoms with van der Waals surface area (Å²) in [5.74, 6) is -0.205. The highest BCUT2D eigenvalue weighted by Gasteiger charge is 2.18. The van der Waals surface area contributed by atoms with Gasteiger partial charge in [-0.2, -0.15) is 0 Å². The fourth-order valence-corrected chi connectivity index (χ4v) is 1.93. The van der Waals surface area contributed by atoms with Crippen molar-refractivity contribution in [1.82, 2.24) is 14.7 Å². The Morgan fingerprint density at radius 1 is 1.38 bits per heavy atom. The second-order valence-corrected chi connectivity index (χ2v) is 5.80. The van der Waals surface area contributed by atoms with Crippen LogP contribution >= 0.6 is 0 Å². The van der Waals surface area contributed by atoms with Gasteiger partial charge < -0.3 is 10.1 Å². The highest BCUT2D eigenvalue weighted by molar-refractivity contribution is 6.36. The molecule has 0 unspecified atom stereocenters. The van der Waals surface area contributed by atoms with Crippen molar-refractivity contribution in [1.29, 1.82) is 0 Å². The molecule has 1 amide bonds. The van der Waals surface area contributed by atoms with Crippen LogP contribution in [0.5, 0.6) is 0 Å². The average molecular weight is 287 g/mol. The van der Waals surface area contributed by atoms with Crippen LogP contribution in [0.2, 0.25) is 0 Å². The molecule has 7 heteroatoms. The number of imidazole rings is 1. The Kier molecular flexibility index (Phi) is 4.02. The maximum atomic E-state index is 12.2. The van der Waals surface area contributed by atoms with Gasteiger partial charge in [0.2, 0.25) is 0 Å². The second-order valence-electron chi connectivity index (χ2n) is 5.80. The molecule has 2 aromatic rings. The first-order chi connectivity index (χ1) is 9.78. The molecule has 0 fully saturated rings. The minimum absolute atomic E-state index is 0.120. The summed E-state index contributed by atoms with van der Waals surface area (Å²) in [5, 5.41) is 2.46. The molecule has 0 aliphatic carbocycles. The zero-order valence-electron chi connectivity index (χ0n) is 12.6. The van der Waals surface area contributed by atoms with Crippen LogP contribution in [-0.2, 0) is 4.74 Å². The standard InChI is InChI=1S/C14H18BN3O3/c1-14(2,3)21-13(20)17-8-11(19)10-5-4-9(15)12-16-6-7-18(10)12/h4-7H,8,15H2,1-3H3,(H,17,20). The number of hydrogen-bond acceptors (Lipinski definition) is 4. The van der Waals surface area contributed by atoms with E-state index in [9.17, 15) is 9.59 Å². The summed E-state index contributed by atoms with van der Waals surface area (Å²) in [6, 6.07) is 3.56.